The van der Waals surface area contributed by atoms with Crippen LogP contribution in [0.3, 0.4) is 0 Å². The van der Waals surface area contributed by atoms with Crippen molar-refractivity contribution < 1.29 is 0 Å². The number of anilines is 1. The normalized spacial score (nSPS) is 27.2. The van der Waals surface area contributed by atoms with Crippen molar-refractivity contribution in [3.63, 3.8) is 0 Å². The number of benzene rings is 1. The molecule has 0 spiro atoms. The summed E-state index contributed by atoms with van der Waals surface area (Å²) in [5.41, 5.74) is 6.47. The molecule has 0 N–H and O–H groups in total. The number of allylic oxidation sites excluding steroid dienone is 4. The summed E-state index contributed by atoms with van der Waals surface area (Å²) in [5.74, 6) is 0. The Bertz CT molecular complexity index is 704. The van der Waals surface area contributed by atoms with E-state index in [0.717, 1.165) is 28.5 Å². The molecule has 2 atom stereocenters. The lowest BCUT2D eigenvalue weighted by molar-refractivity contribution is 0.508. The Kier molecular flexibility index (Phi) is 7.53. The van der Waals surface area contributed by atoms with Crippen molar-refractivity contribution in [2.45, 2.75) is 86.8 Å². The van der Waals surface area contributed by atoms with E-state index in [1.54, 1.807) is 5.57 Å². The highest BCUT2D eigenvalue weighted by Crippen LogP contribution is 2.64. The van der Waals surface area contributed by atoms with Crippen LogP contribution in [0.25, 0.3) is 5.57 Å². The molecule has 1 aromatic carbocycles. The van der Waals surface area contributed by atoms with Crippen LogP contribution in [-0.4, -0.2) is 30.3 Å². The molecule has 0 aromatic heterocycles. The van der Waals surface area contributed by atoms with Gasteiger partial charge in [-0.05, 0) is 55.1 Å². The van der Waals surface area contributed by atoms with Crippen LogP contribution in [0.2, 0.25) is 0 Å². The van der Waals surface area contributed by atoms with Crippen LogP contribution in [0.5, 0.6) is 0 Å². The minimum atomic E-state index is 0.394. The second-order valence-electron chi connectivity index (χ2n) is 9.49. The lowest BCUT2D eigenvalue weighted by Crippen LogP contribution is -2.28. The first-order valence-corrected chi connectivity index (χ1v) is 14.0. The van der Waals surface area contributed by atoms with E-state index in [4.69, 9.17) is 0 Å². The van der Waals surface area contributed by atoms with Crippen LogP contribution in [0.1, 0.15) is 76.2 Å². The van der Waals surface area contributed by atoms with Crippen LogP contribution in [0.15, 0.2) is 42.5 Å². The SMILES string of the molecule is CN(C)c1ccccc1C1=CC=CCC1(PC1CCCCC1)PC1CCCCC1. The summed E-state index contributed by atoms with van der Waals surface area (Å²) in [6, 6.07) is 9.16. The van der Waals surface area contributed by atoms with Gasteiger partial charge >= 0.3 is 0 Å². The van der Waals surface area contributed by atoms with Gasteiger partial charge in [0.1, 0.15) is 0 Å². The first-order chi connectivity index (χ1) is 14.2. The maximum Gasteiger partial charge on any atom is 0.0437 e. The summed E-state index contributed by atoms with van der Waals surface area (Å²) in [5, 5.41) is 0. The van der Waals surface area contributed by atoms with Crippen LogP contribution >= 0.6 is 17.2 Å². The molecule has 0 saturated heterocycles. The maximum atomic E-state index is 2.50. The molecule has 0 heterocycles. The fourth-order valence-electron chi connectivity index (χ4n) is 5.58. The molecule has 0 bridgehead atoms. The molecular formula is C26H39NP2. The Morgan fingerprint density at radius 1 is 0.828 bits per heavy atom. The molecular weight excluding hydrogens is 388 g/mol. The van der Waals surface area contributed by atoms with E-state index in [2.05, 4.69) is 61.5 Å². The lowest BCUT2D eigenvalue weighted by Gasteiger charge is -2.44. The zero-order valence-corrected chi connectivity index (χ0v) is 20.4. The second-order valence-corrected chi connectivity index (χ2v) is 13.9. The quantitative estimate of drug-likeness (QED) is 0.418. The maximum absolute atomic E-state index is 2.50. The van der Waals surface area contributed by atoms with Gasteiger partial charge < -0.3 is 4.90 Å². The predicted octanol–water partition coefficient (Wildman–Crippen LogP) is 7.81. The summed E-state index contributed by atoms with van der Waals surface area (Å²) in [7, 11) is 6.59. The Labute approximate surface area is 182 Å². The number of para-hydroxylation sites is 1. The molecule has 3 heteroatoms. The minimum Gasteiger partial charge on any atom is -0.377 e. The van der Waals surface area contributed by atoms with E-state index in [0.29, 0.717) is 4.90 Å². The van der Waals surface area contributed by atoms with E-state index in [-0.39, 0.29) is 0 Å². The zero-order valence-electron chi connectivity index (χ0n) is 18.4. The molecule has 1 aromatic rings. The zero-order chi connectivity index (χ0) is 20.1. The number of hydrogen-bond donors (Lipinski definition) is 0. The Morgan fingerprint density at radius 2 is 1.41 bits per heavy atom. The lowest BCUT2D eigenvalue weighted by atomic mass is 9.94. The van der Waals surface area contributed by atoms with E-state index < -0.39 is 0 Å². The molecule has 4 rings (SSSR count). The van der Waals surface area contributed by atoms with Crippen molar-refractivity contribution in [2.75, 3.05) is 19.0 Å². The van der Waals surface area contributed by atoms with Gasteiger partial charge in [0.15, 0.2) is 0 Å². The van der Waals surface area contributed by atoms with Gasteiger partial charge in [0.2, 0.25) is 0 Å². The molecule has 0 aliphatic heterocycles. The molecule has 1 nitrogen and oxygen atoms in total. The third-order valence-corrected chi connectivity index (χ3v) is 11.8. The largest absolute Gasteiger partial charge is 0.377 e. The molecule has 3 aliphatic carbocycles. The molecule has 158 valence electrons. The van der Waals surface area contributed by atoms with Crippen molar-refractivity contribution in [1.29, 1.82) is 0 Å². The summed E-state index contributed by atoms with van der Waals surface area (Å²) in [6.45, 7) is 0. The van der Waals surface area contributed by atoms with Crippen molar-refractivity contribution >= 4 is 28.4 Å². The van der Waals surface area contributed by atoms with Crippen LogP contribution in [-0.2, 0) is 0 Å². The summed E-state index contributed by atoms with van der Waals surface area (Å²) >= 11 is 0. The first kappa shape index (κ1) is 21.6. The average molecular weight is 428 g/mol. The number of rotatable bonds is 6. The van der Waals surface area contributed by atoms with Crippen molar-refractivity contribution in [2.24, 2.45) is 0 Å². The molecule has 0 radical (unpaired) electrons. The second kappa shape index (κ2) is 10.1. The Balaban J connectivity index is 1.70. The smallest absolute Gasteiger partial charge is 0.0437 e. The molecule has 2 fully saturated rings. The van der Waals surface area contributed by atoms with E-state index in [9.17, 15) is 0 Å². The van der Waals surface area contributed by atoms with Crippen LogP contribution in [0.4, 0.5) is 5.69 Å². The molecule has 2 saturated carbocycles. The van der Waals surface area contributed by atoms with Gasteiger partial charge in [-0.1, -0.05) is 75.0 Å². The summed E-state index contributed by atoms with van der Waals surface area (Å²) in [6.07, 6.45) is 23.3. The third kappa shape index (κ3) is 5.17. The van der Waals surface area contributed by atoms with E-state index >= 15 is 0 Å². The fraction of sp³-hybridized carbons (Fsp3) is 0.615. The standard InChI is InChI=1S/C26H39NP2/c1-27(2)25-19-10-9-17-23(25)24-18-11-12-20-26(24,28-21-13-5-3-6-14-21)29-22-15-7-4-8-16-22/h9-12,17-19,21-22,28-29H,3-8,13-16,20H2,1-2H3. The first-order valence-electron chi connectivity index (χ1n) is 11.9. The van der Waals surface area contributed by atoms with Gasteiger partial charge in [-0.3, -0.25) is 0 Å². The topological polar surface area (TPSA) is 3.24 Å². The fourth-order valence-corrected chi connectivity index (χ4v) is 11.1. The summed E-state index contributed by atoms with van der Waals surface area (Å²) < 4.78 is 0. The van der Waals surface area contributed by atoms with E-state index in [1.165, 1.54) is 81.9 Å². The Morgan fingerprint density at radius 3 is 2.00 bits per heavy atom. The van der Waals surface area contributed by atoms with Gasteiger partial charge in [0.05, 0.1) is 0 Å². The van der Waals surface area contributed by atoms with Crippen molar-refractivity contribution in [3.8, 4) is 0 Å². The van der Waals surface area contributed by atoms with Crippen LogP contribution < -0.4 is 4.90 Å². The van der Waals surface area contributed by atoms with Crippen molar-refractivity contribution in [1.82, 2.24) is 0 Å². The molecule has 29 heavy (non-hydrogen) atoms. The molecule has 2 unspecified atom stereocenters. The van der Waals surface area contributed by atoms with Gasteiger partial charge in [-0.2, -0.15) is 0 Å². The number of hydrogen-bond acceptors (Lipinski definition) is 1. The van der Waals surface area contributed by atoms with Gasteiger partial charge in [0.25, 0.3) is 0 Å². The van der Waals surface area contributed by atoms with Crippen LogP contribution in [0, 0.1) is 0 Å². The molecule has 3 aliphatic rings. The summed E-state index contributed by atoms with van der Waals surface area (Å²) in [4.78, 5) is 2.71. The Hall–Kier alpha value is -0.640. The predicted molar refractivity (Wildman–Crippen MR) is 136 cm³/mol. The third-order valence-electron chi connectivity index (χ3n) is 7.07. The molecule has 0 amide bonds. The average Bonchev–Trinajstić information content (AvgIpc) is 2.75. The van der Waals surface area contributed by atoms with Gasteiger partial charge in [-0.25, -0.2) is 0 Å². The van der Waals surface area contributed by atoms with Crippen molar-refractivity contribution in [3.05, 3.63) is 48.1 Å². The monoisotopic (exact) mass is 427 g/mol. The minimum absolute atomic E-state index is 0.394. The van der Waals surface area contributed by atoms with Gasteiger partial charge in [0, 0.05) is 30.2 Å². The van der Waals surface area contributed by atoms with E-state index in [1.807, 2.05) is 0 Å². The highest BCUT2D eigenvalue weighted by Gasteiger charge is 2.40. The van der Waals surface area contributed by atoms with Gasteiger partial charge in [-0.15, -0.1) is 17.2 Å². The highest BCUT2D eigenvalue weighted by atomic mass is 31.1. The highest BCUT2D eigenvalue weighted by molar-refractivity contribution is 7.61. The number of nitrogens with zero attached hydrogens (tertiary/aromatic N) is 1.